The van der Waals surface area contributed by atoms with Gasteiger partial charge in [-0.15, -0.1) is 0 Å². The fourth-order valence-electron chi connectivity index (χ4n) is 5.03. The van der Waals surface area contributed by atoms with E-state index in [4.69, 9.17) is 13.6 Å². The van der Waals surface area contributed by atoms with E-state index in [2.05, 4.69) is 81.6 Å². The van der Waals surface area contributed by atoms with Crippen molar-refractivity contribution in [2.24, 2.45) is 17.3 Å². The van der Waals surface area contributed by atoms with Gasteiger partial charge in [-0.25, -0.2) is 0 Å². The summed E-state index contributed by atoms with van der Waals surface area (Å²) in [7, 11) is -4.58. The number of esters is 1. The lowest BCUT2D eigenvalue weighted by atomic mass is 9.73. The first-order chi connectivity index (χ1) is 18.7. The molecule has 0 N–H and O–H groups in total. The van der Waals surface area contributed by atoms with Crippen LogP contribution in [0.4, 0.5) is 0 Å². The van der Waals surface area contributed by atoms with E-state index in [9.17, 15) is 14.4 Å². The molecule has 0 radical (unpaired) electrons. The van der Waals surface area contributed by atoms with Crippen molar-refractivity contribution >= 4 is 34.2 Å². The second-order valence-electron chi connectivity index (χ2n) is 16.5. The van der Waals surface area contributed by atoms with Crippen molar-refractivity contribution in [2.45, 2.75) is 170 Å². The fraction of sp³-hybridized carbons (Fsp3) is 0.853. The fourth-order valence-corrected chi connectivity index (χ4v) is 7.95. The molecule has 0 bridgehead atoms. The third-order valence-corrected chi connectivity index (χ3v) is 19.3. The van der Waals surface area contributed by atoms with E-state index in [1.807, 2.05) is 26.8 Å². The van der Waals surface area contributed by atoms with E-state index in [0.29, 0.717) is 6.42 Å². The standard InChI is InChI=1S/C34H64O6Si2/c1-23-18-17-19-24(2)30(40-42(15,16)33(8,9)10)25(3)31(37)34(11,12)28(39-41(13,14)32(5,6)7)22-29(36)38-27(21-20-23)26(4)35/h20,24-25,27-28,30H,17-19,21-22H2,1-16H3/b23-20-/t24-,25-,27+,28+,30+/m1/s1. The molecule has 0 saturated carbocycles. The summed E-state index contributed by atoms with van der Waals surface area (Å²) >= 11 is 0. The molecule has 1 rings (SSSR count). The van der Waals surface area contributed by atoms with Crippen molar-refractivity contribution in [3.63, 3.8) is 0 Å². The maximum Gasteiger partial charge on any atom is 0.309 e. The van der Waals surface area contributed by atoms with Gasteiger partial charge in [-0.2, -0.15) is 0 Å². The number of rotatable bonds is 5. The highest BCUT2D eigenvalue weighted by atomic mass is 28.4. The molecule has 0 aromatic heterocycles. The lowest BCUT2D eigenvalue weighted by molar-refractivity contribution is -0.158. The van der Waals surface area contributed by atoms with E-state index >= 15 is 0 Å². The number of carbonyl (C=O) groups excluding carboxylic acids is 3. The minimum Gasteiger partial charge on any atom is -0.454 e. The van der Waals surface area contributed by atoms with Crippen LogP contribution in [0.3, 0.4) is 0 Å². The Kier molecular flexibility index (Phi) is 13.3. The molecule has 0 fully saturated rings. The second-order valence-corrected chi connectivity index (χ2v) is 26.0. The van der Waals surface area contributed by atoms with Crippen molar-refractivity contribution in [3.05, 3.63) is 11.6 Å². The highest BCUT2D eigenvalue weighted by Gasteiger charge is 2.50. The van der Waals surface area contributed by atoms with Gasteiger partial charge in [0, 0.05) is 17.8 Å². The van der Waals surface area contributed by atoms with Gasteiger partial charge in [-0.1, -0.05) is 80.9 Å². The Bertz CT molecular complexity index is 983. The molecule has 0 aromatic carbocycles. The van der Waals surface area contributed by atoms with Gasteiger partial charge in [0.1, 0.15) is 5.78 Å². The van der Waals surface area contributed by atoms with E-state index in [0.717, 1.165) is 19.3 Å². The van der Waals surface area contributed by atoms with Gasteiger partial charge in [-0.3, -0.25) is 14.4 Å². The van der Waals surface area contributed by atoms with Gasteiger partial charge in [0.15, 0.2) is 28.5 Å². The Balaban J connectivity index is 3.72. The summed E-state index contributed by atoms with van der Waals surface area (Å²) in [6.07, 6.45) is 3.28. The van der Waals surface area contributed by atoms with E-state index < -0.39 is 40.2 Å². The third kappa shape index (κ3) is 10.2. The topological polar surface area (TPSA) is 78.9 Å². The largest absolute Gasteiger partial charge is 0.454 e. The average molecular weight is 625 g/mol. The number of hydrogen-bond acceptors (Lipinski definition) is 6. The second kappa shape index (κ2) is 14.3. The number of hydrogen-bond donors (Lipinski definition) is 0. The minimum absolute atomic E-state index is 0.00454. The predicted octanol–water partition coefficient (Wildman–Crippen LogP) is 9.05. The van der Waals surface area contributed by atoms with Crippen LogP contribution in [0.1, 0.15) is 115 Å². The SMILES string of the molecule is CC(=O)[C@@H]1C/C=C(/C)CCC[C@@H](C)[C@H](O[Si](C)(C)C(C)(C)C)[C@@H](C)C(=O)C(C)(C)[C@@H](O[Si](C)(C)C(C)(C)C)CC(=O)O1. The maximum absolute atomic E-state index is 14.6. The van der Waals surface area contributed by atoms with Gasteiger partial charge in [0.25, 0.3) is 0 Å². The number of carbonyl (C=O) groups is 3. The van der Waals surface area contributed by atoms with Gasteiger partial charge in [0.2, 0.25) is 0 Å². The van der Waals surface area contributed by atoms with Crippen LogP contribution < -0.4 is 0 Å². The van der Waals surface area contributed by atoms with Crippen LogP contribution in [0, 0.1) is 17.3 Å². The molecule has 42 heavy (non-hydrogen) atoms. The van der Waals surface area contributed by atoms with Crippen molar-refractivity contribution in [1.29, 1.82) is 0 Å². The summed E-state index contributed by atoms with van der Waals surface area (Å²) in [5.74, 6) is -0.864. The lowest BCUT2D eigenvalue weighted by Gasteiger charge is -2.46. The zero-order valence-electron chi connectivity index (χ0n) is 29.9. The lowest BCUT2D eigenvalue weighted by Crippen LogP contribution is -2.54. The Morgan fingerprint density at radius 1 is 0.952 bits per heavy atom. The summed E-state index contributed by atoms with van der Waals surface area (Å²) in [4.78, 5) is 40.4. The molecule has 1 heterocycles. The Morgan fingerprint density at radius 3 is 1.93 bits per heavy atom. The van der Waals surface area contributed by atoms with Crippen LogP contribution >= 0.6 is 0 Å². The Labute approximate surface area is 260 Å². The van der Waals surface area contributed by atoms with Crippen LogP contribution in [-0.4, -0.2) is 52.5 Å². The highest BCUT2D eigenvalue weighted by Crippen LogP contribution is 2.44. The van der Waals surface area contributed by atoms with Crippen molar-refractivity contribution in [3.8, 4) is 0 Å². The first-order valence-electron chi connectivity index (χ1n) is 16.0. The maximum atomic E-state index is 14.6. The summed E-state index contributed by atoms with van der Waals surface area (Å²) < 4.78 is 19.7. The number of allylic oxidation sites excluding steroid dienone is 1. The first-order valence-corrected chi connectivity index (χ1v) is 21.8. The normalized spacial score (nSPS) is 29.4. The quantitative estimate of drug-likeness (QED) is 0.172. The average Bonchev–Trinajstić information content (AvgIpc) is 2.81. The van der Waals surface area contributed by atoms with Crippen molar-refractivity contribution in [2.75, 3.05) is 0 Å². The molecule has 6 nitrogen and oxygen atoms in total. The number of ether oxygens (including phenoxy) is 1. The van der Waals surface area contributed by atoms with Crippen LogP contribution in [0.25, 0.3) is 0 Å². The van der Waals surface area contributed by atoms with Crippen LogP contribution in [0.5, 0.6) is 0 Å². The zero-order chi connectivity index (χ0) is 33.1. The van der Waals surface area contributed by atoms with Crippen molar-refractivity contribution < 1.29 is 28.0 Å². The molecule has 5 atom stereocenters. The number of Topliss-reactive ketones (excluding diaryl/α,β-unsaturated/α-hetero) is 2. The van der Waals surface area contributed by atoms with Crippen molar-refractivity contribution in [1.82, 2.24) is 0 Å². The molecule has 0 aliphatic carbocycles. The van der Waals surface area contributed by atoms with Crippen LogP contribution in [0.2, 0.25) is 36.3 Å². The van der Waals surface area contributed by atoms with Crippen LogP contribution in [0.15, 0.2) is 11.6 Å². The van der Waals surface area contributed by atoms with E-state index in [-0.39, 0.29) is 46.0 Å². The molecule has 0 spiro atoms. The predicted molar refractivity (Wildman–Crippen MR) is 179 cm³/mol. The minimum atomic E-state index is -2.39. The monoisotopic (exact) mass is 624 g/mol. The number of ketones is 2. The van der Waals surface area contributed by atoms with Gasteiger partial charge in [-0.05, 0) is 75.3 Å². The summed E-state index contributed by atoms with van der Waals surface area (Å²) in [5, 5.41) is -0.117. The summed E-state index contributed by atoms with van der Waals surface area (Å²) in [6.45, 7) is 33.5. The summed E-state index contributed by atoms with van der Waals surface area (Å²) in [5.41, 5.74) is 0.185. The molecule has 244 valence electrons. The number of cyclic esters (lactones) is 1. The van der Waals surface area contributed by atoms with E-state index in [1.165, 1.54) is 12.5 Å². The van der Waals surface area contributed by atoms with Gasteiger partial charge < -0.3 is 13.6 Å². The smallest absolute Gasteiger partial charge is 0.309 e. The Hall–Kier alpha value is -1.10. The molecule has 0 saturated heterocycles. The first kappa shape index (κ1) is 38.9. The van der Waals surface area contributed by atoms with Gasteiger partial charge in [0.05, 0.1) is 18.6 Å². The molecular formula is C34H64O6Si2. The van der Waals surface area contributed by atoms with Gasteiger partial charge >= 0.3 is 5.97 Å². The highest BCUT2D eigenvalue weighted by molar-refractivity contribution is 6.74. The summed E-state index contributed by atoms with van der Waals surface area (Å²) in [6, 6.07) is 0. The van der Waals surface area contributed by atoms with Crippen LogP contribution in [-0.2, 0) is 28.0 Å². The molecule has 1 aliphatic heterocycles. The zero-order valence-corrected chi connectivity index (χ0v) is 31.9. The molecule has 0 aromatic rings. The molecule has 1 aliphatic rings. The molecule has 8 heteroatoms. The third-order valence-electron chi connectivity index (χ3n) is 10.4. The van der Waals surface area contributed by atoms with E-state index in [1.54, 1.807) is 0 Å². The Morgan fingerprint density at radius 2 is 1.45 bits per heavy atom. The molecule has 0 amide bonds. The molecule has 0 unspecified atom stereocenters. The molecular weight excluding hydrogens is 561 g/mol.